The molecule has 0 atom stereocenters. The highest BCUT2D eigenvalue weighted by Crippen LogP contribution is 2.25. The summed E-state index contributed by atoms with van der Waals surface area (Å²) in [6.07, 6.45) is 1.61. The van der Waals surface area contributed by atoms with Crippen molar-refractivity contribution in [3.63, 3.8) is 0 Å². The minimum Gasteiger partial charge on any atom is -0.376 e. The van der Waals surface area contributed by atoms with Gasteiger partial charge in [-0.15, -0.1) is 6.58 Å². The smallest absolute Gasteiger partial charge is 0.241 e. The normalized spacial score (nSPS) is 11.4. The van der Waals surface area contributed by atoms with Crippen LogP contribution < -0.4 is 4.72 Å². The van der Waals surface area contributed by atoms with Crippen molar-refractivity contribution in [2.45, 2.75) is 4.90 Å². The fourth-order valence-electron chi connectivity index (χ4n) is 1.19. The van der Waals surface area contributed by atoms with Crippen LogP contribution in [0.2, 0.25) is 0 Å². The van der Waals surface area contributed by atoms with Crippen molar-refractivity contribution in [2.24, 2.45) is 0 Å². The molecule has 0 bridgehead atoms. The van der Waals surface area contributed by atoms with E-state index >= 15 is 0 Å². The Bertz CT molecular complexity index is 517. The third-order valence-corrected chi connectivity index (χ3v) is 4.89. The van der Waals surface area contributed by atoms with E-state index in [0.29, 0.717) is 17.7 Å². The van der Waals surface area contributed by atoms with Gasteiger partial charge in [-0.1, -0.05) is 22.0 Å². The van der Waals surface area contributed by atoms with Gasteiger partial charge in [0, 0.05) is 15.5 Å². The lowest BCUT2D eigenvalue weighted by atomic mass is 10.4. The van der Waals surface area contributed by atoms with E-state index in [0.717, 1.165) is 4.47 Å². The fraction of sp³-hybridized carbons (Fsp3) is 0.273. The number of ether oxygens (including phenoxy) is 1. The van der Waals surface area contributed by atoms with Crippen LogP contribution in [0.25, 0.3) is 0 Å². The van der Waals surface area contributed by atoms with Crippen LogP contribution in [0.3, 0.4) is 0 Å². The number of nitrogens with one attached hydrogen (secondary N) is 1. The Morgan fingerprint density at radius 2 is 2.11 bits per heavy atom. The molecule has 0 saturated heterocycles. The summed E-state index contributed by atoms with van der Waals surface area (Å²) in [5.74, 6) is 0. The second-order valence-electron chi connectivity index (χ2n) is 3.34. The van der Waals surface area contributed by atoms with Gasteiger partial charge in [-0.25, -0.2) is 13.1 Å². The molecule has 0 radical (unpaired) electrons. The van der Waals surface area contributed by atoms with E-state index in [1.807, 2.05) is 0 Å². The summed E-state index contributed by atoms with van der Waals surface area (Å²) in [5, 5.41) is 0. The van der Waals surface area contributed by atoms with E-state index < -0.39 is 10.0 Å². The van der Waals surface area contributed by atoms with Crippen LogP contribution in [0, 0.1) is 0 Å². The summed E-state index contributed by atoms with van der Waals surface area (Å²) in [4.78, 5) is 0.203. The molecule has 1 aromatic rings. The van der Waals surface area contributed by atoms with Crippen LogP contribution in [0.4, 0.5) is 0 Å². The van der Waals surface area contributed by atoms with Gasteiger partial charge in [0.25, 0.3) is 0 Å². The molecule has 0 aliphatic carbocycles. The van der Waals surface area contributed by atoms with Crippen LogP contribution in [0.1, 0.15) is 0 Å². The van der Waals surface area contributed by atoms with E-state index in [9.17, 15) is 8.42 Å². The Labute approximate surface area is 124 Å². The van der Waals surface area contributed by atoms with Crippen molar-refractivity contribution in [2.75, 3.05) is 19.8 Å². The Morgan fingerprint density at radius 1 is 1.39 bits per heavy atom. The average Bonchev–Trinajstić information content (AvgIpc) is 2.28. The van der Waals surface area contributed by atoms with Crippen LogP contribution in [0.15, 0.2) is 44.7 Å². The molecule has 0 unspecified atom stereocenters. The highest BCUT2D eigenvalue weighted by Gasteiger charge is 2.16. The molecular formula is C11H13Br2NO3S. The van der Waals surface area contributed by atoms with Gasteiger partial charge in [-0.3, -0.25) is 0 Å². The van der Waals surface area contributed by atoms with Crippen LogP contribution in [0.5, 0.6) is 0 Å². The SMILES string of the molecule is C=CCOCCNS(=O)(=O)c1ccc(Br)cc1Br. The van der Waals surface area contributed by atoms with Gasteiger partial charge in [0.1, 0.15) is 0 Å². The molecule has 1 aromatic carbocycles. The lowest BCUT2D eigenvalue weighted by Gasteiger charge is -2.08. The van der Waals surface area contributed by atoms with Gasteiger partial charge >= 0.3 is 0 Å². The first-order chi connectivity index (χ1) is 8.47. The average molecular weight is 399 g/mol. The summed E-state index contributed by atoms with van der Waals surface area (Å²) in [6.45, 7) is 4.43. The molecule has 0 aliphatic heterocycles. The molecule has 0 amide bonds. The Balaban J connectivity index is 2.65. The quantitative estimate of drug-likeness (QED) is 0.567. The molecule has 1 N–H and O–H groups in total. The monoisotopic (exact) mass is 397 g/mol. The molecular weight excluding hydrogens is 386 g/mol. The zero-order chi connectivity index (χ0) is 13.6. The predicted molar refractivity (Wildman–Crippen MR) is 78.0 cm³/mol. The van der Waals surface area contributed by atoms with Gasteiger partial charge in [-0.2, -0.15) is 0 Å². The van der Waals surface area contributed by atoms with E-state index in [2.05, 4.69) is 43.2 Å². The third-order valence-electron chi connectivity index (χ3n) is 1.96. The summed E-state index contributed by atoms with van der Waals surface area (Å²) in [5.41, 5.74) is 0. The van der Waals surface area contributed by atoms with Gasteiger partial charge in [0.05, 0.1) is 18.1 Å². The molecule has 0 aliphatic rings. The number of hydrogen-bond donors (Lipinski definition) is 1. The topological polar surface area (TPSA) is 55.4 Å². The van der Waals surface area contributed by atoms with E-state index in [-0.39, 0.29) is 11.4 Å². The van der Waals surface area contributed by atoms with Crippen molar-refractivity contribution >= 4 is 41.9 Å². The highest BCUT2D eigenvalue weighted by molar-refractivity contribution is 9.11. The zero-order valence-electron chi connectivity index (χ0n) is 9.53. The Morgan fingerprint density at radius 3 is 2.72 bits per heavy atom. The lowest BCUT2D eigenvalue weighted by Crippen LogP contribution is -2.27. The van der Waals surface area contributed by atoms with Crippen molar-refractivity contribution in [1.82, 2.24) is 4.72 Å². The fourth-order valence-corrected chi connectivity index (χ4v) is 3.94. The van der Waals surface area contributed by atoms with Crippen LogP contribution in [-0.4, -0.2) is 28.2 Å². The van der Waals surface area contributed by atoms with Gasteiger partial charge < -0.3 is 4.74 Å². The molecule has 0 heterocycles. The second-order valence-corrected chi connectivity index (χ2v) is 6.84. The van der Waals surface area contributed by atoms with Crippen molar-refractivity contribution in [3.8, 4) is 0 Å². The largest absolute Gasteiger partial charge is 0.376 e. The maximum atomic E-state index is 12.0. The molecule has 100 valence electrons. The Hall–Kier alpha value is -0.210. The van der Waals surface area contributed by atoms with Crippen molar-refractivity contribution in [3.05, 3.63) is 39.8 Å². The van der Waals surface area contributed by atoms with Gasteiger partial charge in [0.2, 0.25) is 10.0 Å². The second kappa shape index (κ2) is 7.40. The minimum absolute atomic E-state index is 0.203. The number of halogens is 2. The molecule has 1 rings (SSSR count). The summed E-state index contributed by atoms with van der Waals surface area (Å²) in [6, 6.07) is 4.89. The summed E-state index contributed by atoms with van der Waals surface area (Å²) < 4.78 is 32.8. The van der Waals surface area contributed by atoms with E-state index in [4.69, 9.17) is 4.74 Å². The first-order valence-electron chi connectivity index (χ1n) is 5.10. The zero-order valence-corrected chi connectivity index (χ0v) is 13.5. The maximum Gasteiger partial charge on any atom is 0.241 e. The number of hydrogen-bond acceptors (Lipinski definition) is 3. The number of sulfonamides is 1. The number of benzene rings is 1. The minimum atomic E-state index is -3.52. The maximum absolute atomic E-state index is 12.0. The lowest BCUT2D eigenvalue weighted by molar-refractivity contribution is 0.168. The van der Waals surface area contributed by atoms with Crippen molar-refractivity contribution < 1.29 is 13.2 Å². The van der Waals surface area contributed by atoms with Gasteiger partial charge in [-0.05, 0) is 34.1 Å². The Kier molecular flexibility index (Phi) is 6.51. The molecule has 0 spiro atoms. The summed E-state index contributed by atoms with van der Waals surface area (Å²) >= 11 is 6.49. The van der Waals surface area contributed by atoms with Crippen LogP contribution in [-0.2, 0) is 14.8 Å². The van der Waals surface area contributed by atoms with E-state index in [1.54, 1.807) is 18.2 Å². The highest BCUT2D eigenvalue weighted by atomic mass is 79.9. The molecule has 0 fully saturated rings. The standard InChI is InChI=1S/C11H13Br2NO3S/c1-2-6-17-7-5-14-18(15,16)11-4-3-9(12)8-10(11)13/h2-4,8,14H,1,5-7H2. The third kappa shape index (κ3) is 4.81. The molecule has 0 aromatic heterocycles. The molecule has 7 heteroatoms. The predicted octanol–water partition coefficient (Wildman–Crippen LogP) is 2.69. The molecule has 0 saturated carbocycles. The molecule has 18 heavy (non-hydrogen) atoms. The van der Waals surface area contributed by atoms with E-state index in [1.165, 1.54) is 6.07 Å². The van der Waals surface area contributed by atoms with Crippen molar-refractivity contribution in [1.29, 1.82) is 0 Å². The van der Waals surface area contributed by atoms with Gasteiger partial charge in [0.15, 0.2) is 0 Å². The number of rotatable bonds is 7. The molecule has 4 nitrogen and oxygen atoms in total. The summed E-state index contributed by atoms with van der Waals surface area (Å²) in [7, 11) is -3.52. The van der Waals surface area contributed by atoms with Crippen LogP contribution >= 0.6 is 31.9 Å². The first-order valence-corrected chi connectivity index (χ1v) is 8.17. The first kappa shape index (κ1) is 15.8.